The number of nitrogens with zero attached hydrogens (tertiary/aromatic N) is 1. The number of alkyl carbamates (subject to hydrolysis) is 1. The average Bonchev–Trinajstić information content (AvgIpc) is 2.49. The number of hydrogen-bond donors (Lipinski definition) is 1. The maximum atomic E-state index is 11.4. The summed E-state index contributed by atoms with van der Waals surface area (Å²) in [5, 5.41) is 11.1. The first-order valence-corrected chi connectivity index (χ1v) is 7.14. The van der Waals surface area contributed by atoms with Gasteiger partial charge in [-0.25, -0.2) is 4.79 Å². The van der Waals surface area contributed by atoms with Crippen LogP contribution in [0.1, 0.15) is 44.1 Å². The number of carbonyl (C=O) groups excluding carboxylic acids is 1. The van der Waals surface area contributed by atoms with Crippen LogP contribution in [0.2, 0.25) is 0 Å². The molecule has 0 saturated heterocycles. The predicted octanol–water partition coefficient (Wildman–Crippen LogP) is 3.78. The number of nitriles is 1. The van der Waals surface area contributed by atoms with Crippen molar-refractivity contribution in [1.82, 2.24) is 5.32 Å². The molecule has 0 aliphatic carbocycles. The maximum absolute atomic E-state index is 11.4. The van der Waals surface area contributed by atoms with Gasteiger partial charge in [-0.3, -0.25) is 0 Å². The summed E-state index contributed by atoms with van der Waals surface area (Å²) in [6.07, 6.45) is 5.48. The molecule has 0 aliphatic heterocycles. The highest BCUT2D eigenvalue weighted by Gasteiger charge is 2.01. The molecule has 0 unspecified atom stereocenters. The second-order valence-corrected chi connectivity index (χ2v) is 4.66. The number of ether oxygens (including phenoxy) is 1. The number of hydrogen-bond acceptors (Lipinski definition) is 3. The molecule has 1 rings (SSSR count). The minimum atomic E-state index is -0.363. The molecule has 0 heterocycles. The van der Waals surface area contributed by atoms with Gasteiger partial charge in [0.2, 0.25) is 0 Å². The van der Waals surface area contributed by atoms with Crippen LogP contribution in [0.3, 0.4) is 0 Å². The lowest BCUT2D eigenvalue weighted by Crippen LogP contribution is -2.25. The van der Waals surface area contributed by atoms with E-state index in [1.807, 2.05) is 30.3 Å². The van der Waals surface area contributed by atoms with Gasteiger partial charge in [0, 0.05) is 13.0 Å². The van der Waals surface area contributed by atoms with Crippen molar-refractivity contribution in [2.75, 3.05) is 6.54 Å². The molecule has 0 saturated carbocycles. The molecule has 0 spiro atoms. The van der Waals surface area contributed by atoms with Crippen LogP contribution in [0, 0.1) is 11.3 Å². The van der Waals surface area contributed by atoms with Crippen LogP contribution in [-0.4, -0.2) is 12.6 Å². The third-order valence-electron chi connectivity index (χ3n) is 2.95. The summed E-state index contributed by atoms with van der Waals surface area (Å²) >= 11 is 0. The Bertz CT molecular complexity index is 412. The summed E-state index contributed by atoms with van der Waals surface area (Å²) in [5.74, 6) is 0. The fourth-order valence-corrected chi connectivity index (χ4v) is 1.82. The maximum Gasteiger partial charge on any atom is 0.407 e. The largest absolute Gasteiger partial charge is 0.445 e. The highest BCUT2D eigenvalue weighted by Crippen LogP contribution is 2.04. The van der Waals surface area contributed by atoms with Crippen molar-refractivity contribution < 1.29 is 9.53 Å². The Morgan fingerprint density at radius 1 is 1.10 bits per heavy atom. The van der Waals surface area contributed by atoms with Crippen molar-refractivity contribution >= 4 is 6.09 Å². The Morgan fingerprint density at radius 3 is 2.55 bits per heavy atom. The first-order valence-electron chi connectivity index (χ1n) is 7.14. The van der Waals surface area contributed by atoms with E-state index in [1.165, 1.54) is 0 Å². The molecule has 0 aliphatic rings. The fraction of sp³-hybridized carbons (Fsp3) is 0.500. The standard InChI is InChI=1S/C16H22N2O2/c17-12-8-3-1-2-4-9-13-18-16(19)20-14-15-10-6-5-7-11-15/h5-7,10-11H,1-4,8-9,13-14H2,(H,18,19). The molecular weight excluding hydrogens is 252 g/mol. The van der Waals surface area contributed by atoms with E-state index in [0.717, 1.165) is 37.7 Å². The van der Waals surface area contributed by atoms with E-state index in [9.17, 15) is 4.79 Å². The Morgan fingerprint density at radius 2 is 1.80 bits per heavy atom. The van der Waals surface area contributed by atoms with Crippen LogP contribution >= 0.6 is 0 Å². The van der Waals surface area contributed by atoms with Crippen molar-refractivity contribution in [3.63, 3.8) is 0 Å². The van der Waals surface area contributed by atoms with Crippen molar-refractivity contribution in [2.24, 2.45) is 0 Å². The smallest absolute Gasteiger partial charge is 0.407 e. The van der Waals surface area contributed by atoms with E-state index in [0.29, 0.717) is 19.6 Å². The predicted molar refractivity (Wildman–Crippen MR) is 77.9 cm³/mol. The van der Waals surface area contributed by atoms with Gasteiger partial charge in [-0.05, 0) is 18.4 Å². The van der Waals surface area contributed by atoms with Gasteiger partial charge in [-0.1, -0.05) is 49.6 Å². The van der Waals surface area contributed by atoms with E-state index in [1.54, 1.807) is 0 Å². The van der Waals surface area contributed by atoms with Gasteiger partial charge in [0.25, 0.3) is 0 Å². The minimum absolute atomic E-state index is 0.306. The monoisotopic (exact) mass is 274 g/mol. The number of amides is 1. The number of unbranched alkanes of at least 4 members (excludes halogenated alkanes) is 5. The molecule has 20 heavy (non-hydrogen) atoms. The molecule has 0 fully saturated rings. The van der Waals surface area contributed by atoms with Crippen molar-refractivity contribution in [3.05, 3.63) is 35.9 Å². The Kier molecular flexibility index (Phi) is 8.71. The van der Waals surface area contributed by atoms with Crippen LogP contribution in [-0.2, 0) is 11.3 Å². The highest BCUT2D eigenvalue weighted by molar-refractivity contribution is 5.67. The highest BCUT2D eigenvalue weighted by atomic mass is 16.5. The minimum Gasteiger partial charge on any atom is -0.445 e. The Hall–Kier alpha value is -2.02. The summed E-state index contributed by atoms with van der Waals surface area (Å²) in [6, 6.07) is 11.8. The zero-order valence-corrected chi connectivity index (χ0v) is 11.8. The second-order valence-electron chi connectivity index (χ2n) is 4.66. The third kappa shape index (κ3) is 8.15. The normalized spacial score (nSPS) is 9.75. The molecule has 1 N–H and O–H groups in total. The first-order chi connectivity index (χ1) is 9.83. The zero-order chi connectivity index (χ0) is 14.5. The number of carbonyl (C=O) groups is 1. The van der Waals surface area contributed by atoms with Crippen LogP contribution in [0.25, 0.3) is 0 Å². The summed E-state index contributed by atoms with van der Waals surface area (Å²) < 4.78 is 5.10. The lowest BCUT2D eigenvalue weighted by Gasteiger charge is -2.07. The van der Waals surface area contributed by atoms with E-state index < -0.39 is 0 Å². The number of benzene rings is 1. The van der Waals surface area contributed by atoms with Gasteiger partial charge in [0.1, 0.15) is 6.61 Å². The molecule has 108 valence electrons. The average molecular weight is 274 g/mol. The van der Waals surface area contributed by atoms with Crippen LogP contribution in [0.15, 0.2) is 30.3 Å². The molecule has 0 radical (unpaired) electrons. The molecule has 1 aromatic rings. The zero-order valence-electron chi connectivity index (χ0n) is 11.8. The summed E-state index contributed by atoms with van der Waals surface area (Å²) in [4.78, 5) is 11.4. The van der Waals surface area contributed by atoms with Crippen molar-refractivity contribution in [3.8, 4) is 6.07 Å². The van der Waals surface area contributed by atoms with E-state index >= 15 is 0 Å². The molecule has 4 nitrogen and oxygen atoms in total. The van der Waals surface area contributed by atoms with Crippen LogP contribution in [0.5, 0.6) is 0 Å². The van der Waals surface area contributed by atoms with Gasteiger partial charge in [-0.15, -0.1) is 0 Å². The number of rotatable bonds is 9. The van der Waals surface area contributed by atoms with E-state index in [-0.39, 0.29) is 6.09 Å². The van der Waals surface area contributed by atoms with Crippen molar-refractivity contribution in [2.45, 2.75) is 45.1 Å². The van der Waals surface area contributed by atoms with Gasteiger partial charge < -0.3 is 10.1 Å². The third-order valence-corrected chi connectivity index (χ3v) is 2.95. The van der Waals surface area contributed by atoms with Crippen LogP contribution < -0.4 is 5.32 Å². The van der Waals surface area contributed by atoms with Crippen molar-refractivity contribution in [1.29, 1.82) is 5.26 Å². The topological polar surface area (TPSA) is 62.1 Å². The molecule has 0 atom stereocenters. The lowest BCUT2D eigenvalue weighted by atomic mass is 10.1. The quantitative estimate of drug-likeness (QED) is 0.697. The fourth-order valence-electron chi connectivity index (χ4n) is 1.82. The van der Waals surface area contributed by atoms with E-state index in [4.69, 9.17) is 10.00 Å². The second kappa shape index (κ2) is 10.9. The van der Waals surface area contributed by atoms with Gasteiger partial charge in [0.05, 0.1) is 6.07 Å². The Labute approximate surface area is 120 Å². The SMILES string of the molecule is N#CCCCCCCCNC(=O)OCc1ccccc1. The molecule has 4 heteroatoms. The molecule has 1 amide bonds. The van der Waals surface area contributed by atoms with Crippen LogP contribution in [0.4, 0.5) is 4.79 Å². The van der Waals surface area contributed by atoms with Gasteiger partial charge in [0.15, 0.2) is 0 Å². The molecular formula is C16H22N2O2. The molecule has 1 aromatic carbocycles. The summed E-state index contributed by atoms with van der Waals surface area (Å²) in [7, 11) is 0. The molecule has 0 aromatic heterocycles. The molecule has 0 bridgehead atoms. The Balaban J connectivity index is 1.94. The lowest BCUT2D eigenvalue weighted by molar-refractivity contribution is 0.139. The first kappa shape index (κ1) is 16.0. The van der Waals surface area contributed by atoms with Gasteiger partial charge >= 0.3 is 6.09 Å². The van der Waals surface area contributed by atoms with E-state index in [2.05, 4.69) is 11.4 Å². The summed E-state index contributed by atoms with van der Waals surface area (Å²) in [6.45, 7) is 0.951. The number of nitrogens with one attached hydrogen (secondary N) is 1. The van der Waals surface area contributed by atoms with Gasteiger partial charge in [-0.2, -0.15) is 5.26 Å². The summed E-state index contributed by atoms with van der Waals surface area (Å²) in [5.41, 5.74) is 0.986.